The molecule has 3 heterocycles. The van der Waals surface area contributed by atoms with E-state index in [4.69, 9.17) is 9.47 Å². The number of hydrogen-bond acceptors (Lipinski definition) is 6. The van der Waals surface area contributed by atoms with Gasteiger partial charge in [-0.2, -0.15) is 0 Å². The highest BCUT2D eigenvalue weighted by molar-refractivity contribution is 6.22. The van der Waals surface area contributed by atoms with Crippen LogP contribution in [0.2, 0.25) is 0 Å². The van der Waals surface area contributed by atoms with Crippen LogP contribution in [0.15, 0.2) is 36.4 Å². The van der Waals surface area contributed by atoms with E-state index in [9.17, 15) is 18.8 Å². The highest BCUT2D eigenvalue weighted by Gasteiger charge is 2.47. The van der Waals surface area contributed by atoms with Gasteiger partial charge in [0, 0.05) is 13.1 Å². The van der Waals surface area contributed by atoms with Crippen molar-refractivity contribution in [1.29, 1.82) is 0 Å². The summed E-state index contributed by atoms with van der Waals surface area (Å²) in [6, 6.07) is 9.54. The summed E-state index contributed by atoms with van der Waals surface area (Å²) in [5, 5.41) is 0. The highest BCUT2D eigenvalue weighted by atomic mass is 19.1. The molecule has 2 fully saturated rings. The van der Waals surface area contributed by atoms with Gasteiger partial charge in [0.1, 0.15) is 5.82 Å². The Hall–Kier alpha value is -3.46. The second-order valence-electron chi connectivity index (χ2n) is 7.66. The molecule has 0 radical (unpaired) electrons. The molecule has 2 aromatic carbocycles. The summed E-state index contributed by atoms with van der Waals surface area (Å²) < 4.78 is 25.4. The fraction of sp³-hybridized carbons (Fsp3) is 0.318. The Morgan fingerprint density at radius 2 is 1.81 bits per heavy atom. The van der Waals surface area contributed by atoms with Gasteiger partial charge >= 0.3 is 6.09 Å². The lowest BCUT2D eigenvalue weighted by atomic mass is 10.0. The van der Waals surface area contributed by atoms with E-state index in [1.807, 2.05) is 4.90 Å². The minimum Gasteiger partial charge on any atom is -0.422 e. The molecule has 3 aliphatic rings. The van der Waals surface area contributed by atoms with Crippen LogP contribution < -0.4 is 9.80 Å². The zero-order valence-corrected chi connectivity index (χ0v) is 16.8. The normalized spacial score (nSPS) is 21.0. The van der Waals surface area contributed by atoms with Gasteiger partial charge in [0.25, 0.3) is 11.8 Å². The van der Waals surface area contributed by atoms with Crippen LogP contribution in [-0.4, -0.2) is 61.9 Å². The summed E-state index contributed by atoms with van der Waals surface area (Å²) in [7, 11) is 0. The summed E-state index contributed by atoms with van der Waals surface area (Å²) in [6.45, 7) is 3.91. The molecule has 2 saturated heterocycles. The number of carbonyl (C=O) groups excluding carboxylic acids is 3. The second-order valence-corrected chi connectivity index (χ2v) is 7.66. The van der Waals surface area contributed by atoms with Crippen molar-refractivity contribution >= 4 is 29.3 Å². The van der Waals surface area contributed by atoms with Gasteiger partial charge in [0.15, 0.2) is 0 Å². The lowest BCUT2D eigenvalue weighted by Gasteiger charge is -2.29. The van der Waals surface area contributed by atoms with E-state index >= 15 is 0 Å². The molecule has 0 aromatic heterocycles. The van der Waals surface area contributed by atoms with E-state index in [1.54, 1.807) is 37.3 Å². The number of ether oxygens (including phenoxy) is 2. The van der Waals surface area contributed by atoms with Gasteiger partial charge < -0.3 is 14.4 Å². The number of aryl methyl sites for hydroxylation is 1. The third kappa shape index (κ3) is 3.12. The molecule has 3 amide bonds. The minimum atomic E-state index is -1.08. The van der Waals surface area contributed by atoms with Crippen LogP contribution in [0.1, 0.15) is 26.3 Å². The molecule has 1 atom stereocenters. The first-order valence-electron chi connectivity index (χ1n) is 10.0. The monoisotopic (exact) mass is 425 g/mol. The zero-order chi connectivity index (χ0) is 21.7. The van der Waals surface area contributed by atoms with Crippen LogP contribution in [0.3, 0.4) is 0 Å². The number of morpholine rings is 1. The van der Waals surface area contributed by atoms with Crippen LogP contribution >= 0.6 is 0 Å². The lowest BCUT2D eigenvalue weighted by Crippen LogP contribution is -2.42. The van der Waals surface area contributed by atoms with Gasteiger partial charge in [0.05, 0.1) is 42.3 Å². The van der Waals surface area contributed by atoms with Crippen LogP contribution in [0.25, 0.3) is 0 Å². The molecule has 1 unspecified atom stereocenters. The van der Waals surface area contributed by atoms with Gasteiger partial charge in [-0.25, -0.2) is 14.1 Å². The number of amides is 3. The molecule has 9 heteroatoms. The van der Waals surface area contributed by atoms with Gasteiger partial charge in [-0.05, 0) is 36.8 Å². The lowest BCUT2D eigenvalue weighted by molar-refractivity contribution is 0.0230. The summed E-state index contributed by atoms with van der Waals surface area (Å²) >= 11 is 0. The van der Waals surface area contributed by atoms with Gasteiger partial charge in [-0.15, -0.1) is 0 Å². The molecule has 31 heavy (non-hydrogen) atoms. The maximum Gasteiger partial charge on any atom is 0.416 e. The average Bonchev–Trinajstić information content (AvgIpc) is 3.26. The Bertz CT molecular complexity index is 1100. The average molecular weight is 425 g/mol. The predicted molar refractivity (Wildman–Crippen MR) is 109 cm³/mol. The third-order valence-corrected chi connectivity index (χ3v) is 5.83. The fourth-order valence-electron chi connectivity index (χ4n) is 4.25. The number of halogens is 1. The number of benzene rings is 2. The van der Waals surface area contributed by atoms with E-state index in [2.05, 4.69) is 0 Å². The molecule has 0 bridgehead atoms. The predicted octanol–water partition coefficient (Wildman–Crippen LogP) is 2.55. The molecular formula is C22H20FN3O5. The summed E-state index contributed by atoms with van der Waals surface area (Å²) in [5.74, 6) is -1.46. The van der Waals surface area contributed by atoms with E-state index in [1.165, 1.54) is 11.0 Å². The topological polar surface area (TPSA) is 79.4 Å². The summed E-state index contributed by atoms with van der Waals surface area (Å²) in [4.78, 5) is 42.2. The highest BCUT2D eigenvalue weighted by Crippen LogP contribution is 2.33. The Kier molecular flexibility index (Phi) is 4.62. The zero-order valence-electron chi connectivity index (χ0n) is 16.8. The first kappa shape index (κ1) is 19.5. The van der Waals surface area contributed by atoms with E-state index < -0.39 is 30.0 Å². The molecule has 5 rings (SSSR count). The largest absolute Gasteiger partial charge is 0.422 e. The maximum atomic E-state index is 14.8. The molecule has 0 N–H and O–H groups in total. The molecule has 0 spiro atoms. The Morgan fingerprint density at radius 3 is 2.52 bits per heavy atom. The number of rotatable bonds is 3. The smallest absolute Gasteiger partial charge is 0.416 e. The summed E-state index contributed by atoms with van der Waals surface area (Å²) in [5.41, 5.74) is 2.03. The first-order chi connectivity index (χ1) is 15.0. The number of imide groups is 1. The number of nitrogens with zero attached hydrogens (tertiary/aromatic N) is 3. The second kappa shape index (κ2) is 7.35. The van der Waals surface area contributed by atoms with Crippen LogP contribution in [0.5, 0.6) is 0 Å². The maximum absolute atomic E-state index is 14.8. The van der Waals surface area contributed by atoms with Crippen molar-refractivity contribution in [3.05, 3.63) is 58.9 Å². The Balaban J connectivity index is 1.37. The third-order valence-electron chi connectivity index (χ3n) is 5.83. The van der Waals surface area contributed by atoms with E-state index in [0.29, 0.717) is 54.4 Å². The minimum absolute atomic E-state index is 0.0698. The fourth-order valence-corrected chi connectivity index (χ4v) is 4.25. The Labute approximate surface area is 177 Å². The molecule has 2 aromatic rings. The van der Waals surface area contributed by atoms with Crippen LogP contribution in [0.4, 0.5) is 20.6 Å². The SMILES string of the molecule is Cc1cccc2c1C(=O)N(C1CN(c3ccc(N4CCOCC4)c(F)c3)C(=O)O1)C2=O. The standard InChI is InChI=1S/C22H20FN3O5/c1-13-3-2-4-15-19(13)21(28)26(20(15)27)18-12-25(22(29)31-18)14-5-6-17(16(23)11-14)24-7-9-30-10-8-24/h2-6,11,18H,7-10,12H2,1H3. The van der Waals surface area contributed by atoms with Gasteiger partial charge in [-0.3, -0.25) is 14.5 Å². The number of carbonyl (C=O) groups is 3. The van der Waals surface area contributed by atoms with Crippen LogP contribution in [-0.2, 0) is 9.47 Å². The van der Waals surface area contributed by atoms with E-state index in [0.717, 1.165) is 4.90 Å². The molecule has 160 valence electrons. The number of fused-ring (bicyclic) bond motifs is 1. The van der Waals surface area contributed by atoms with Crippen molar-refractivity contribution < 1.29 is 28.2 Å². The quantitative estimate of drug-likeness (QED) is 0.704. The van der Waals surface area contributed by atoms with E-state index in [-0.39, 0.29) is 6.54 Å². The van der Waals surface area contributed by atoms with Crippen LogP contribution in [0, 0.1) is 12.7 Å². The van der Waals surface area contributed by atoms with Crippen molar-refractivity contribution in [2.75, 3.05) is 42.6 Å². The van der Waals surface area contributed by atoms with Crippen molar-refractivity contribution in [3.63, 3.8) is 0 Å². The van der Waals surface area contributed by atoms with Crippen molar-refractivity contribution in [2.45, 2.75) is 13.2 Å². The molecule has 3 aliphatic heterocycles. The van der Waals surface area contributed by atoms with Gasteiger partial charge in [-0.1, -0.05) is 12.1 Å². The first-order valence-corrected chi connectivity index (χ1v) is 10.0. The Morgan fingerprint density at radius 1 is 1.03 bits per heavy atom. The summed E-state index contributed by atoms with van der Waals surface area (Å²) in [6.07, 6.45) is -1.82. The molecule has 0 saturated carbocycles. The van der Waals surface area contributed by atoms with Crippen molar-refractivity contribution in [2.24, 2.45) is 0 Å². The molecular weight excluding hydrogens is 405 g/mol. The van der Waals surface area contributed by atoms with Crippen molar-refractivity contribution in [1.82, 2.24) is 4.90 Å². The van der Waals surface area contributed by atoms with Gasteiger partial charge in [0.2, 0.25) is 6.23 Å². The number of hydrogen-bond donors (Lipinski definition) is 0. The number of cyclic esters (lactones) is 1. The molecule has 0 aliphatic carbocycles. The number of anilines is 2. The van der Waals surface area contributed by atoms with Crippen molar-refractivity contribution in [3.8, 4) is 0 Å². The molecule has 8 nitrogen and oxygen atoms in total.